The molecule has 0 bridgehead atoms. The van der Waals surface area contributed by atoms with Crippen LogP contribution in [0.3, 0.4) is 0 Å². The minimum atomic E-state index is -0.476. The van der Waals surface area contributed by atoms with E-state index < -0.39 is 5.41 Å². The van der Waals surface area contributed by atoms with Crippen LogP contribution in [-0.2, 0) is 9.59 Å². The van der Waals surface area contributed by atoms with Gasteiger partial charge in [0, 0.05) is 18.8 Å². The molecule has 6 heteroatoms. The summed E-state index contributed by atoms with van der Waals surface area (Å²) in [4.78, 5) is 25.5. The molecule has 1 aliphatic heterocycles. The van der Waals surface area contributed by atoms with Gasteiger partial charge in [0.05, 0.1) is 11.3 Å². The van der Waals surface area contributed by atoms with E-state index in [1.807, 2.05) is 18.2 Å². The number of amides is 2. The number of benzene rings is 1. The third-order valence-corrected chi connectivity index (χ3v) is 6.08. The number of halogens is 1. The van der Waals surface area contributed by atoms with Crippen molar-refractivity contribution in [2.45, 2.75) is 52.4 Å². The van der Waals surface area contributed by atoms with Crippen LogP contribution in [-0.4, -0.2) is 31.4 Å². The van der Waals surface area contributed by atoms with Gasteiger partial charge in [-0.15, -0.1) is 12.4 Å². The number of aryl methyl sites for hydroxylation is 2. The fraction of sp³-hybridized carbons (Fsp3) is 0.619. The lowest BCUT2D eigenvalue weighted by Crippen LogP contribution is -2.47. The van der Waals surface area contributed by atoms with Crippen LogP contribution in [0, 0.1) is 25.2 Å². The number of anilines is 1. The summed E-state index contributed by atoms with van der Waals surface area (Å²) in [5.41, 5.74) is 2.75. The van der Waals surface area contributed by atoms with Crippen LogP contribution < -0.4 is 16.0 Å². The van der Waals surface area contributed by atoms with E-state index in [-0.39, 0.29) is 30.1 Å². The van der Waals surface area contributed by atoms with Crippen LogP contribution in [0.2, 0.25) is 0 Å². The van der Waals surface area contributed by atoms with Gasteiger partial charge in [0.15, 0.2) is 0 Å². The predicted molar refractivity (Wildman–Crippen MR) is 111 cm³/mol. The Morgan fingerprint density at radius 3 is 2.52 bits per heavy atom. The van der Waals surface area contributed by atoms with Gasteiger partial charge in [-0.2, -0.15) is 0 Å². The molecule has 1 unspecified atom stereocenters. The van der Waals surface area contributed by atoms with Gasteiger partial charge in [-0.05, 0) is 69.3 Å². The maximum Gasteiger partial charge on any atom is 0.232 e. The Hall–Kier alpha value is -1.59. The van der Waals surface area contributed by atoms with Gasteiger partial charge in [-0.1, -0.05) is 18.9 Å². The second-order valence-corrected chi connectivity index (χ2v) is 8.00. The van der Waals surface area contributed by atoms with Gasteiger partial charge in [0.1, 0.15) is 0 Å². The zero-order valence-corrected chi connectivity index (χ0v) is 17.2. The first-order valence-electron chi connectivity index (χ1n) is 9.87. The third kappa shape index (κ3) is 5.23. The molecule has 0 radical (unpaired) electrons. The summed E-state index contributed by atoms with van der Waals surface area (Å²) in [6.45, 7) is 6.29. The minimum Gasteiger partial charge on any atom is -0.355 e. The van der Waals surface area contributed by atoms with Gasteiger partial charge in [-0.25, -0.2) is 0 Å². The molecule has 1 heterocycles. The summed E-state index contributed by atoms with van der Waals surface area (Å²) in [6.07, 6.45) is 5.74. The Balaban J connectivity index is 0.00000261. The summed E-state index contributed by atoms with van der Waals surface area (Å²) < 4.78 is 0. The molecular formula is C21H32ClN3O2. The number of hydrogen-bond donors (Lipinski definition) is 3. The molecule has 0 aromatic heterocycles. The molecule has 1 saturated carbocycles. The molecule has 0 spiro atoms. The Morgan fingerprint density at radius 2 is 1.89 bits per heavy atom. The summed E-state index contributed by atoms with van der Waals surface area (Å²) >= 11 is 0. The average molecular weight is 394 g/mol. The lowest BCUT2D eigenvalue weighted by molar-refractivity contribution is -0.128. The number of nitrogens with one attached hydrogen (secondary N) is 3. The molecule has 150 valence electrons. The van der Waals surface area contributed by atoms with Crippen molar-refractivity contribution < 1.29 is 9.59 Å². The topological polar surface area (TPSA) is 70.2 Å². The molecule has 1 aromatic rings. The largest absolute Gasteiger partial charge is 0.355 e. The first-order chi connectivity index (χ1) is 12.5. The molecule has 1 saturated heterocycles. The molecule has 3 rings (SSSR count). The van der Waals surface area contributed by atoms with E-state index in [2.05, 4.69) is 29.8 Å². The first-order valence-corrected chi connectivity index (χ1v) is 9.87. The highest BCUT2D eigenvalue weighted by atomic mass is 35.5. The molecule has 2 amide bonds. The summed E-state index contributed by atoms with van der Waals surface area (Å²) in [5.74, 6) is 0.160. The highest BCUT2D eigenvalue weighted by molar-refractivity contribution is 5.96. The highest BCUT2D eigenvalue weighted by Gasteiger charge is 2.41. The van der Waals surface area contributed by atoms with Crippen molar-refractivity contribution >= 4 is 29.9 Å². The smallest absolute Gasteiger partial charge is 0.232 e. The van der Waals surface area contributed by atoms with Crippen LogP contribution in [0.1, 0.15) is 49.7 Å². The number of carbonyl (C=O) groups excluding carboxylic acids is 2. The van der Waals surface area contributed by atoms with E-state index in [0.29, 0.717) is 6.54 Å². The molecule has 3 N–H and O–H groups in total. The van der Waals surface area contributed by atoms with Gasteiger partial charge in [0.25, 0.3) is 0 Å². The Bertz CT molecular complexity index is 665. The van der Waals surface area contributed by atoms with E-state index in [0.717, 1.165) is 57.3 Å². The Morgan fingerprint density at radius 1 is 1.15 bits per heavy atom. The van der Waals surface area contributed by atoms with Crippen LogP contribution in [0.5, 0.6) is 0 Å². The quantitative estimate of drug-likeness (QED) is 0.718. The maximum absolute atomic E-state index is 13.0. The van der Waals surface area contributed by atoms with Crippen molar-refractivity contribution in [3.63, 3.8) is 0 Å². The van der Waals surface area contributed by atoms with Crippen LogP contribution >= 0.6 is 12.4 Å². The zero-order valence-electron chi connectivity index (χ0n) is 16.4. The average Bonchev–Trinajstić information content (AvgIpc) is 3.14. The maximum atomic E-state index is 13.0. The van der Waals surface area contributed by atoms with E-state index in [1.165, 1.54) is 11.1 Å². The SMILES string of the molecule is Cc1ccc(NC(=O)C2(CNC(=O)C3CCCNC3)CCCC2)cc1C.Cl. The fourth-order valence-corrected chi connectivity index (χ4v) is 4.10. The van der Waals surface area contributed by atoms with E-state index in [4.69, 9.17) is 0 Å². The van der Waals surface area contributed by atoms with Crippen molar-refractivity contribution in [3.05, 3.63) is 29.3 Å². The van der Waals surface area contributed by atoms with Crippen molar-refractivity contribution in [2.75, 3.05) is 25.0 Å². The third-order valence-electron chi connectivity index (χ3n) is 6.08. The fourth-order valence-electron chi connectivity index (χ4n) is 4.10. The van der Waals surface area contributed by atoms with Crippen molar-refractivity contribution in [1.82, 2.24) is 10.6 Å². The monoisotopic (exact) mass is 393 g/mol. The van der Waals surface area contributed by atoms with Gasteiger partial charge >= 0.3 is 0 Å². The van der Waals surface area contributed by atoms with Crippen molar-refractivity contribution in [1.29, 1.82) is 0 Å². The van der Waals surface area contributed by atoms with Crippen molar-refractivity contribution in [3.8, 4) is 0 Å². The molecule has 1 aliphatic carbocycles. The number of carbonyl (C=O) groups is 2. The van der Waals surface area contributed by atoms with Gasteiger partial charge < -0.3 is 16.0 Å². The number of hydrogen-bond acceptors (Lipinski definition) is 3. The minimum absolute atomic E-state index is 0. The molecule has 2 fully saturated rings. The molecule has 1 aromatic carbocycles. The normalized spacial score (nSPS) is 21.2. The lowest BCUT2D eigenvalue weighted by Gasteiger charge is -2.30. The second-order valence-electron chi connectivity index (χ2n) is 8.00. The Kier molecular flexibility index (Phi) is 7.68. The van der Waals surface area contributed by atoms with Crippen LogP contribution in [0.15, 0.2) is 18.2 Å². The second kappa shape index (κ2) is 9.56. The van der Waals surface area contributed by atoms with Crippen molar-refractivity contribution in [2.24, 2.45) is 11.3 Å². The van der Waals surface area contributed by atoms with E-state index in [1.54, 1.807) is 0 Å². The molecule has 2 aliphatic rings. The highest BCUT2D eigenvalue weighted by Crippen LogP contribution is 2.39. The van der Waals surface area contributed by atoms with Gasteiger partial charge in [0.2, 0.25) is 11.8 Å². The van der Waals surface area contributed by atoms with Gasteiger partial charge in [-0.3, -0.25) is 9.59 Å². The van der Waals surface area contributed by atoms with Crippen LogP contribution in [0.4, 0.5) is 5.69 Å². The number of rotatable bonds is 5. The lowest BCUT2D eigenvalue weighted by atomic mass is 9.84. The summed E-state index contributed by atoms with van der Waals surface area (Å²) in [6, 6.07) is 6.00. The van der Waals surface area contributed by atoms with E-state index >= 15 is 0 Å². The molecule has 27 heavy (non-hydrogen) atoms. The number of piperidine rings is 1. The van der Waals surface area contributed by atoms with E-state index in [9.17, 15) is 9.59 Å². The summed E-state index contributed by atoms with van der Waals surface area (Å²) in [5, 5.41) is 9.45. The summed E-state index contributed by atoms with van der Waals surface area (Å²) in [7, 11) is 0. The van der Waals surface area contributed by atoms with Crippen LogP contribution in [0.25, 0.3) is 0 Å². The predicted octanol–water partition coefficient (Wildman–Crippen LogP) is 3.34. The Labute approximate surface area is 168 Å². The molecule has 5 nitrogen and oxygen atoms in total. The first kappa shape index (κ1) is 21.7. The standard InChI is InChI=1S/C21H31N3O2.ClH/c1-15-7-8-18(12-16(15)2)24-20(26)21(9-3-4-10-21)14-23-19(25)17-6-5-11-22-13-17;/h7-8,12,17,22H,3-6,9-11,13-14H2,1-2H3,(H,23,25)(H,24,26);1H. The molecular weight excluding hydrogens is 362 g/mol. The zero-order chi connectivity index (χ0) is 18.6. The molecule has 1 atom stereocenters.